The summed E-state index contributed by atoms with van der Waals surface area (Å²) in [5, 5.41) is 0. The van der Waals surface area contributed by atoms with Crippen LogP contribution >= 0.6 is 0 Å². The van der Waals surface area contributed by atoms with Crippen molar-refractivity contribution in [3.05, 3.63) is 35.4 Å². The van der Waals surface area contributed by atoms with Crippen molar-refractivity contribution in [1.29, 1.82) is 0 Å². The van der Waals surface area contributed by atoms with Crippen molar-refractivity contribution in [3.63, 3.8) is 0 Å². The summed E-state index contributed by atoms with van der Waals surface area (Å²) in [7, 11) is 0. The van der Waals surface area contributed by atoms with Crippen molar-refractivity contribution >= 4 is 0 Å². The highest BCUT2D eigenvalue weighted by Crippen LogP contribution is 2.38. The second-order valence-corrected chi connectivity index (χ2v) is 5.23. The molecule has 0 amide bonds. The third kappa shape index (κ3) is 1.88. The van der Waals surface area contributed by atoms with E-state index in [2.05, 4.69) is 24.3 Å². The molecule has 17 heavy (non-hydrogen) atoms. The standard InChI is InChI=1S/C14H18O3/c1-13(2)16-9-14(10-17-13)12-6-4-3-5-11(12)7-8-15-14/h3-6H,7-10H2,1-2H3. The molecule has 0 aliphatic carbocycles. The molecule has 0 N–H and O–H groups in total. The molecular weight excluding hydrogens is 216 g/mol. The largest absolute Gasteiger partial charge is 0.365 e. The van der Waals surface area contributed by atoms with Gasteiger partial charge in [0.05, 0.1) is 19.8 Å². The van der Waals surface area contributed by atoms with Gasteiger partial charge in [-0.05, 0) is 31.4 Å². The number of rotatable bonds is 0. The Balaban J connectivity index is 1.95. The van der Waals surface area contributed by atoms with Gasteiger partial charge in [0, 0.05) is 0 Å². The van der Waals surface area contributed by atoms with Gasteiger partial charge in [-0.2, -0.15) is 0 Å². The molecule has 1 aromatic carbocycles. The smallest absolute Gasteiger partial charge is 0.163 e. The summed E-state index contributed by atoms with van der Waals surface area (Å²) >= 11 is 0. The van der Waals surface area contributed by atoms with Crippen LogP contribution in [-0.4, -0.2) is 25.6 Å². The lowest BCUT2D eigenvalue weighted by atomic mass is 9.86. The van der Waals surface area contributed by atoms with E-state index in [4.69, 9.17) is 14.2 Å². The maximum absolute atomic E-state index is 5.98. The maximum Gasteiger partial charge on any atom is 0.163 e. The second-order valence-electron chi connectivity index (χ2n) is 5.23. The molecule has 1 spiro atoms. The topological polar surface area (TPSA) is 27.7 Å². The number of ether oxygens (including phenoxy) is 3. The van der Waals surface area contributed by atoms with Crippen LogP contribution in [0.15, 0.2) is 24.3 Å². The van der Waals surface area contributed by atoms with E-state index in [-0.39, 0.29) is 0 Å². The molecule has 3 nitrogen and oxygen atoms in total. The van der Waals surface area contributed by atoms with Crippen LogP contribution in [0.25, 0.3) is 0 Å². The molecule has 1 fully saturated rings. The summed E-state index contributed by atoms with van der Waals surface area (Å²) in [5.41, 5.74) is 2.18. The fraction of sp³-hybridized carbons (Fsp3) is 0.571. The summed E-state index contributed by atoms with van der Waals surface area (Å²) < 4.78 is 17.5. The van der Waals surface area contributed by atoms with Gasteiger partial charge in [0.2, 0.25) is 0 Å². The third-order valence-corrected chi connectivity index (χ3v) is 3.56. The summed E-state index contributed by atoms with van der Waals surface area (Å²) in [4.78, 5) is 0. The molecule has 2 aliphatic rings. The van der Waals surface area contributed by atoms with Crippen molar-refractivity contribution in [2.75, 3.05) is 19.8 Å². The van der Waals surface area contributed by atoms with Crippen molar-refractivity contribution in [2.24, 2.45) is 0 Å². The van der Waals surface area contributed by atoms with Crippen LogP contribution < -0.4 is 0 Å². The number of hydrogen-bond acceptors (Lipinski definition) is 3. The number of benzene rings is 1. The molecule has 0 atom stereocenters. The fourth-order valence-electron chi connectivity index (χ4n) is 2.52. The molecule has 0 unspecified atom stereocenters. The Labute approximate surface area is 102 Å². The van der Waals surface area contributed by atoms with E-state index < -0.39 is 11.4 Å². The lowest BCUT2D eigenvalue weighted by Crippen LogP contribution is -2.52. The predicted octanol–water partition coefficient (Wildman–Crippen LogP) is 2.24. The molecule has 2 aliphatic heterocycles. The van der Waals surface area contributed by atoms with E-state index in [0.29, 0.717) is 13.2 Å². The number of fused-ring (bicyclic) bond motifs is 2. The van der Waals surface area contributed by atoms with Gasteiger partial charge >= 0.3 is 0 Å². The van der Waals surface area contributed by atoms with E-state index >= 15 is 0 Å². The van der Waals surface area contributed by atoms with E-state index in [1.54, 1.807) is 0 Å². The van der Waals surface area contributed by atoms with Crippen LogP contribution in [0.2, 0.25) is 0 Å². The molecule has 92 valence electrons. The first-order chi connectivity index (χ1) is 8.11. The van der Waals surface area contributed by atoms with Crippen LogP contribution in [0.3, 0.4) is 0 Å². The molecule has 3 rings (SSSR count). The first-order valence-electron chi connectivity index (χ1n) is 6.12. The zero-order valence-electron chi connectivity index (χ0n) is 10.4. The maximum atomic E-state index is 5.98. The zero-order chi connectivity index (χ0) is 11.9. The summed E-state index contributed by atoms with van der Waals surface area (Å²) in [6, 6.07) is 8.42. The van der Waals surface area contributed by atoms with Gasteiger partial charge in [0.25, 0.3) is 0 Å². The Kier molecular flexibility index (Phi) is 2.51. The highest BCUT2D eigenvalue weighted by Gasteiger charge is 2.44. The molecule has 0 saturated carbocycles. The molecule has 1 saturated heterocycles. The molecular formula is C14H18O3. The SMILES string of the molecule is CC1(C)OCC2(CO1)OCCc1ccccc12. The molecule has 0 radical (unpaired) electrons. The Bertz CT molecular complexity index is 415. The monoisotopic (exact) mass is 234 g/mol. The van der Waals surface area contributed by atoms with Crippen LogP contribution in [0.5, 0.6) is 0 Å². The quantitative estimate of drug-likeness (QED) is 0.689. The summed E-state index contributed by atoms with van der Waals surface area (Å²) in [6.07, 6.45) is 0.974. The Hall–Kier alpha value is -0.900. The Morgan fingerprint density at radius 2 is 1.71 bits per heavy atom. The van der Waals surface area contributed by atoms with Gasteiger partial charge in [-0.3, -0.25) is 0 Å². The third-order valence-electron chi connectivity index (χ3n) is 3.56. The lowest BCUT2D eigenvalue weighted by molar-refractivity contribution is -0.316. The van der Waals surface area contributed by atoms with E-state index in [0.717, 1.165) is 13.0 Å². The Morgan fingerprint density at radius 3 is 2.47 bits per heavy atom. The first-order valence-corrected chi connectivity index (χ1v) is 6.12. The van der Waals surface area contributed by atoms with E-state index in [1.807, 2.05) is 13.8 Å². The van der Waals surface area contributed by atoms with Crippen LogP contribution in [-0.2, 0) is 26.2 Å². The molecule has 0 bridgehead atoms. The van der Waals surface area contributed by atoms with Crippen LogP contribution in [0.1, 0.15) is 25.0 Å². The Morgan fingerprint density at radius 1 is 1.00 bits per heavy atom. The van der Waals surface area contributed by atoms with Crippen molar-refractivity contribution in [3.8, 4) is 0 Å². The molecule has 1 aromatic rings. The minimum absolute atomic E-state index is 0.398. The zero-order valence-corrected chi connectivity index (χ0v) is 10.4. The van der Waals surface area contributed by atoms with Gasteiger partial charge in [-0.1, -0.05) is 24.3 Å². The van der Waals surface area contributed by atoms with Crippen molar-refractivity contribution < 1.29 is 14.2 Å². The van der Waals surface area contributed by atoms with Gasteiger partial charge in [0.1, 0.15) is 5.60 Å². The first kappa shape index (κ1) is 11.2. The molecule has 2 heterocycles. The minimum Gasteiger partial charge on any atom is -0.365 e. The lowest BCUT2D eigenvalue weighted by Gasteiger charge is -2.45. The average molecular weight is 234 g/mol. The fourth-order valence-corrected chi connectivity index (χ4v) is 2.52. The van der Waals surface area contributed by atoms with Gasteiger partial charge in [-0.25, -0.2) is 0 Å². The normalized spacial score (nSPS) is 25.5. The second kappa shape index (κ2) is 3.80. The molecule has 0 aromatic heterocycles. The summed E-state index contributed by atoms with van der Waals surface area (Å²) in [5.74, 6) is -0.499. The van der Waals surface area contributed by atoms with Gasteiger partial charge < -0.3 is 14.2 Å². The highest BCUT2D eigenvalue weighted by molar-refractivity contribution is 5.35. The molecule has 3 heteroatoms. The van der Waals surface area contributed by atoms with E-state index in [9.17, 15) is 0 Å². The van der Waals surface area contributed by atoms with Crippen LogP contribution in [0.4, 0.5) is 0 Å². The average Bonchev–Trinajstić information content (AvgIpc) is 2.34. The minimum atomic E-state index is -0.499. The number of hydrogen-bond donors (Lipinski definition) is 0. The van der Waals surface area contributed by atoms with Gasteiger partial charge in [-0.15, -0.1) is 0 Å². The van der Waals surface area contributed by atoms with E-state index in [1.165, 1.54) is 11.1 Å². The highest BCUT2D eigenvalue weighted by atomic mass is 16.7. The van der Waals surface area contributed by atoms with Crippen molar-refractivity contribution in [1.82, 2.24) is 0 Å². The van der Waals surface area contributed by atoms with Crippen molar-refractivity contribution in [2.45, 2.75) is 31.7 Å². The van der Waals surface area contributed by atoms with Gasteiger partial charge in [0.15, 0.2) is 5.79 Å². The predicted molar refractivity (Wildman–Crippen MR) is 63.8 cm³/mol. The van der Waals surface area contributed by atoms with Crippen LogP contribution in [0, 0.1) is 0 Å². The summed E-state index contributed by atoms with van der Waals surface area (Å²) in [6.45, 7) is 5.75.